The summed E-state index contributed by atoms with van der Waals surface area (Å²) in [6.07, 6.45) is 5.20. The summed E-state index contributed by atoms with van der Waals surface area (Å²) in [5, 5.41) is 5.62. The number of fused-ring (bicyclic) bond motifs is 1. The van der Waals surface area contributed by atoms with Crippen molar-refractivity contribution >= 4 is 29.3 Å². The van der Waals surface area contributed by atoms with Crippen LogP contribution in [0.25, 0.3) is 0 Å². The smallest absolute Gasteiger partial charge is 0.250 e. The number of nitrogens with zero attached hydrogens (tertiary/aromatic N) is 2. The largest absolute Gasteiger partial charge is 0.353 e. The Bertz CT molecular complexity index is 701. The van der Waals surface area contributed by atoms with Gasteiger partial charge < -0.3 is 15.2 Å². The lowest BCUT2D eigenvalue weighted by atomic mass is 10.1. The van der Waals surface area contributed by atoms with E-state index >= 15 is 0 Å². The van der Waals surface area contributed by atoms with E-state index in [9.17, 15) is 9.59 Å². The van der Waals surface area contributed by atoms with Gasteiger partial charge in [0.2, 0.25) is 11.8 Å². The molecule has 2 N–H and O–H groups in total. The van der Waals surface area contributed by atoms with Crippen LogP contribution in [0.5, 0.6) is 0 Å². The van der Waals surface area contributed by atoms with Crippen LogP contribution >= 0.6 is 11.8 Å². The third-order valence-electron chi connectivity index (χ3n) is 3.53. The van der Waals surface area contributed by atoms with Gasteiger partial charge in [-0.1, -0.05) is 23.9 Å². The molecule has 2 heterocycles. The van der Waals surface area contributed by atoms with Crippen molar-refractivity contribution in [2.24, 2.45) is 0 Å². The van der Waals surface area contributed by atoms with Gasteiger partial charge in [-0.15, -0.1) is 0 Å². The van der Waals surface area contributed by atoms with E-state index < -0.39 is 4.75 Å². The number of thioether (sulfide) groups is 1. The number of amides is 2. The van der Waals surface area contributed by atoms with Crippen molar-refractivity contribution in [3.8, 4) is 0 Å². The predicted molar refractivity (Wildman–Crippen MR) is 84.6 cm³/mol. The SMILES string of the molecule is CC1(C(=O)NCCn2ccnc2)Sc2ccccc2NC1=O. The number of nitrogens with one attached hydrogen (secondary N) is 2. The molecule has 1 aliphatic heterocycles. The fraction of sp³-hybridized carbons (Fsp3) is 0.267. The number of hydrogen-bond acceptors (Lipinski definition) is 4. The van der Waals surface area contributed by atoms with Crippen LogP contribution in [-0.4, -0.2) is 32.7 Å². The molecule has 114 valence electrons. The molecule has 0 saturated heterocycles. The number of benzene rings is 1. The summed E-state index contributed by atoms with van der Waals surface area (Å²) in [6, 6.07) is 7.47. The molecular formula is C15H16N4O2S. The van der Waals surface area contributed by atoms with Crippen LogP contribution in [0.1, 0.15) is 6.92 Å². The second-order valence-electron chi connectivity index (χ2n) is 5.14. The van der Waals surface area contributed by atoms with Gasteiger partial charge in [-0.2, -0.15) is 0 Å². The second-order valence-corrected chi connectivity index (χ2v) is 6.60. The van der Waals surface area contributed by atoms with Crippen molar-refractivity contribution < 1.29 is 9.59 Å². The maximum atomic E-state index is 12.5. The Balaban J connectivity index is 1.67. The van der Waals surface area contributed by atoms with Crippen molar-refractivity contribution in [1.82, 2.24) is 14.9 Å². The minimum absolute atomic E-state index is 0.287. The highest BCUT2D eigenvalue weighted by atomic mass is 32.2. The molecule has 3 rings (SSSR count). The van der Waals surface area contributed by atoms with E-state index in [1.807, 2.05) is 35.0 Å². The van der Waals surface area contributed by atoms with Crippen LogP contribution < -0.4 is 10.6 Å². The third kappa shape index (κ3) is 2.71. The van der Waals surface area contributed by atoms with Crippen molar-refractivity contribution in [3.05, 3.63) is 43.0 Å². The Morgan fingerprint density at radius 1 is 1.45 bits per heavy atom. The Morgan fingerprint density at radius 3 is 3.05 bits per heavy atom. The topological polar surface area (TPSA) is 76.0 Å². The molecule has 0 spiro atoms. The molecule has 2 aromatic rings. The highest BCUT2D eigenvalue weighted by molar-refractivity contribution is 8.02. The summed E-state index contributed by atoms with van der Waals surface area (Å²) in [6.45, 7) is 2.71. The maximum Gasteiger partial charge on any atom is 0.250 e. The van der Waals surface area contributed by atoms with Gasteiger partial charge in [0.1, 0.15) is 0 Å². The number of rotatable bonds is 4. The first kappa shape index (κ1) is 14.6. The van der Waals surface area contributed by atoms with Crippen LogP contribution in [0.4, 0.5) is 5.69 Å². The molecule has 1 aromatic carbocycles. The van der Waals surface area contributed by atoms with Gasteiger partial charge in [0, 0.05) is 30.4 Å². The van der Waals surface area contributed by atoms with Gasteiger partial charge >= 0.3 is 0 Å². The number of imidazole rings is 1. The second kappa shape index (κ2) is 5.84. The molecule has 1 aromatic heterocycles. The molecule has 0 aliphatic carbocycles. The Morgan fingerprint density at radius 2 is 2.27 bits per heavy atom. The van der Waals surface area contributed by atoms with E-state index in [1.165, 1.54) is 11.8 Å². The van der Waals surface area contributed by atoms with Crippen LogP contribution in [0, 0.1) is 0 Å². The van der Waals surface area contributed by atoms with Crippen LogP contribution in [-0.2, 0) is 16.1 Å². The van der Waals surface area contributed by atoms with Gasteiger partial charge in [-0.3, -0.25) is 9.59 Å². The molecule has 6 nitrogen and oxygen atoms in total. The predicted octanol–water partition coefficient (Wildman–Crippen LogP) is 1.50. The molecule has 7 heteroatoms. The van der Waals surface area contributed by atoms with Crippen LogP contribution in [0.15, 0.2) is 47.9 Å². The lowest BCUT2D eigenvalue weighted by molar-refractivity contribution is -0.129. The fourth-order valence-electron chi connectivity index (χ4n) is 2.20. The molecule has 22 heavy (non-hydrogen) atoms. The Labute approximate surface area is 132 Å². The number of aromatic nitrogens is 2. The van der Waals surface area contributed by atoms with Crippen LogP contribution in [0.2, 0.25) is 0 Å². The number of anilines is 1. The third-order valence-corrected chi connectivity index (χ3v) is 4.89. The maximum absolute atomic E-state index is 12.5. The standard InChI is InChI=1S/C15H16N4O2S/c1-15(13(20)17-7-9-19-8-6-16-10-19)14(21)18-11-4-2-3-5-12(11)22-15/h2-6,8,10H,7,9H2,1H3,(H,17,20)(H,18,21). The number of carbonyl (C=O) groups is 2. The molecular weight excluding hydrogens is 300 g/mol. The van der Waals surface area contributed by atoms with E-state index in [2.05, 4.69) is 15.6 Å². The summed E-state index contributed by atoms with van der Waals surface area (Å²) in [5.74, 6) is -0.582. The lowest BCUT2D eigenvalue weighted by Gasteiger charge is -2.31. The van der Waals surface area contributed by atoms with E-state index in [0.29, 0.717) is 13.1 Å². The van der Waals surface area contributed by atoms with Crippen molar-refractivity contribution in [2.75, 3.05) is 11.9 Å². The van der Waals surface area contributed by atoms with E-state index in [0.717, 1.165) is 10.6 Å². The average Bonchev–Trinajstić information content (AvgIpc) is 3.01. The van der Waals surface area contributed by atoms with Gasteiger partial charge in [-0.25, -0.2) is 4.98 Å². The molecule has 1 atom stereocenters. The Hall–Kier alpha value is -2.28. The number of para-hydroxylation sites is 1. The zero-order valence-corrected chi connectivity index (χ0v) is 12.9. The van der Waals surface area contributed by atoms with Gasteiger partial charge in [0.15, 0.2) is 4.75 Å². The molecule has 1 aliphatic rings. The summed E-state index contributed by atoms with van der Waals surface area (Å²) in [5.41, 5.74) is 0.751. The first-order valence-electron chi connectivity index (χ1n) is 6.93. The summed E-state index contributed by atoms with van der Waals surface area (Å²) < 4.78 is 0.704. The minimum atomic E-state index is -1.16. The summed E-state index contributed by atoms with van der Waals surface area (Å²) in [4.78, 5) is 29.6. The lowest BCUT2D eigenvalue weighted by Crippen LogP contribution is -2.52. The molecule has 0 radical (unpaired) electrons. The van der Waals surface area contributed by atoms with Gasteiger partial charge in [-0.05, 0) is 19.1 Å². The molecule has 2 amide bonds. The first-order valence-corrected chi connectivity index (χ1v) is 7.75. The highest BCUT2D eigenvalue weighted by Gasteiger charge is 2.45. The molecule has 0 saturated carbocycles. The summed E-state index contributed by atoms with van der Waals surface area (Å²) >= 11 is 1.28. The zero-order valence-electron chi connectivity index (χ0n) is 12.1. The number of hydrogen-bond donors (Lipinski definition) is 2. The van der Waals surface area contributed by atoms with Gasteiger partial charge in [0.05, 0.1) is 12.0 Å². The molecule has 1 unspecified atom stereocenters. The fourth-order valence-corrected chi connectivity index (χ4v) is 3.33. The van der Waals surface area contributed by atoms with Crippen molar-refractivity contribution in [1.29, 1.82) is 0 Å². The molecule has 0 bridgehead atoms. The minimum Gasteiger partial charge on any atom is -0.353 e. The first-order chi connectivity index (χ1) is 10.6. The average molecular weight is 316 g/mol. The normalized spacial score (nSPS) is 20.1. The van der Waals surface area contributed by atoms with Crippen molar-refractivity contribution in [2.45, 2.75) is 23.1 Å². The summed E-state index contributed by atoms with van der Waals surface area (Å²) in [7, 11) is 0. The quantitative estimate of drug-likeness (QED) is 0.838. The van der Waals surface area contributed by atoms with E-state index in [1.54, 1.807) is 19.4 Å². The zero-order chi connectivity index (χ0) is 15.6. The Kier molecular flexibility index (Phi) is 3.89. The number of carbonyl (C=O) groups excluding carboxylic acids is 2. The molecule has 0 fully saturated rings. The van der Waals surface area contributed by atoms with E-state index in [-0.39, 0.29) is 11.8 Å². The highest BCUT2D eigenvalue weighted by Crippen LogP contribution is 2.42. The van der Waals surface area contributed by atoms with Crippen molar-refractivity contribution in [3.63, 3.8) is 0 Å². The van der Waals surface area contributed by atoms with Crippen LogP contribution in [0.3, 0.4) is 0 Å². The van der Waals surface area contributed by atoms with E-state index in [4.69, 9.17) is 0 Å². The monoisotopic (exact) mass is 316 g/mol. The van der Waals surface area contributed by atoms with Gasteiger partial charge in [0.25, 0.3) is 0 Å².